The predicted molar refractivity (Wildman–Crippen MR) is 79.0 cm³/mol. The van der Waals surface area contributed by atoms with E-state index in [9.17, 15) is 9.59 Å². The van der Waals surface area contributed by atoms with E-state index in [1.807, 2.05) is 0 Å². The second kappa shape index (κ2) is 6.83. The summed E-state index contributed by atoms with van der Waals surface area (Å²) < 4.78 is 0.620. The Labute approximate surface area is 125 Å². The minimum absolute atomic E-state index is 0.136. The number of halogens is 1. The Kier molecular flexibility index (Phi) is 5.11. The maximum absolute atomic E-state index is 11.9. The Morgan fingerprint density at radius 3 is 2.65 bits per heavy atom. The van der Waals surface area contributed by atoms with Crippen LogP contribution >= 0.6 is 15.9 Å². The van der Waals surface area contributed by atoms with Gasteiger partial charge in [-0.05, 0) is 18.2 Å². The van der Waals surface area contributed by atoms with E-state index in [4.69, 9.17) is 5.11 Å². The number of carbonyl (C=O) groups excluding carboxylic acids is 1. The smallest absolute Gasteiger partial charge is 0.335 e. The van der Waals surface area contributed by atoms with Gasteiger partial charge in [-0.25, -0.2) is 4.79 Å². The van der Waals surface area contributed by atoms with Crippen LogP contribution in [0.2, 0.25) is 0 Å². The first-order valence-corrected chi connectivity index (χ1v) is 7.11. The summed E-state index contributed by atoms with van der Waals surface area (Å²) in [5.74, 6) is -1.16. The molecule has 6 nitrogen and oxygen atoms in total. The molecule has 108 valence electrons. The molecule has 1 amide bonds. The summed E-state index contributed by atoms with van der Waals surface area (Å²) in [4.78, 5) is 25.0. The molecular weight excluding hydrogens is 326 g/mol. The highest BCUT2D eigenvalue weighted by atomic mass is 79.9. The van der Waals surface area contributed by atoms with Gasteiger partial charge in [-0.2, -0.15) is 0 Å². The third-order valence-corrected chi connectivity index (χ3v) is 3.46. The SMILES string of the molecule is O=C(CN1CCNCC1)Nc1cc(Br)cc(C(=O)O)c1. The number of nitrogens with zero attached hydrogens (tertiary/aromatic N) is 1. The molecule has 20 heavy (non-hydrogen) atoms. The molecule has 1 saturated heterocycles. The number of carboxylic acids is 1. The molecule has 0 bridgehead atoms. The molecule has 0 radical (unpaired) electrons. The van der Waals surface area contributed by atoms with Crippen LogP contribution in [0, 0.1) is 0 Å². The van der Waals surface area contributed by atoms with Crippen molar-refractivity contribution in [3.63, 3.8) is 0 Å². The van der Waals surface area contributed by atoms with Crippen LogP contribution in [0.15, 0.2) is 22.7 Å². The van der Waals surface area contributed by atoms with Gasteiger partial charge >= 0.3 is 5.97 Å². The molecule has 1 aromatic carbocycles. The normalized spacial score (nSPS) is 15.8. The van der Waals surface area contributed by atoms with Crippen LogP contribution in [0.4, 0.5) is 5.69 Å². The zero-order valence-corrected chi connectivity index (χ0v) is 12.4. The van der Waals surface area contributed by atoms with Crippen molar-refractivity contribution in [2.24, 2.45) is 0 Å². The van der Waals surface area contributed by atoms with E-state index in [2.05, 4.69) is 31.5 Å². The number of carbonyl (C=O) groups is 2. The number of rotatable bonds is 4. The van der Waals surface area contributed by atoms with Crippen molar-refractivity contribution >= 4 is 33.5 Å². The lowest BCUT2D eigenvalue weighted by Gasteiger charge is -2.26. The summed E-state index contributed by atoms with van der Waals surface area (Å²) in [7, 11) is 0. The largest absolute Gasteiger partial charge is 0.478 e. The van der Waals surface area contributed by atoms with Gasteiger partial charge in [0.2, 0.25) is 5.91 Å². The van der Waals surface area contributed by atoms with E-state index in [0.29, 0.717) is 16.7 Å². The molecule has 7 heteroatoms. The van der Waals surface area contributed by atoms with Crippen molar-refractivity contribution in [2.75, 3.05) is 38.0 Å². The van der Waals surface area contributed by atoms with Crippen LogP contribution in [-0.2, 0) is 4.79 Å². The number of nitrogens with one attached hydrogen (secondary N) is 2. The minimum Gasteiger partial charge on any atom is -0.478 e. The van der Waals surface area contributed by atoms with Gasteiger partial charge in [0.25, 0.3) is 0 Å². The number of hydrogen-bond acceptors (Lipinski definition) is 4. The number of piperazine rings is 1. The van der Waals surface area contributed by atoms with Gasteiger partial charge in [-0.3, -0.25) is 9.69 Å². The van der Waals surface area contributed by atoms with Gasteiger partial charge in [0.1, 0.15) is 0 Å². The number of carboxylic acid groups (broad SMARTS) is 1. The molecule has 0 aliphatic carbocycles. The van der Waals surface area contributed by atoms with Gasteiger partial charge in [0, 0.05) is 36.3 Å². The van der Waals surface area contributed by atoms with Crippen molar-refractivity contribution in [2.45, 2.75) is 0 Å². The molecule has 0 saturated carbocycles. The van der Waals surface area contributed by atoms with Crippen LogP contribution in [-0.4, -0.2) is 54.6 Å². The van der Waals surface area contributed by atoms with Crippen LogP contribution in [0.3, 0.4) is 0 Å². The van der Waals surface area contributed by atoms with Gasteiger partial charge in [0.15, 0.2) is 0 Å². The number of amides is 1. The van der Waals surface area contributed by atoms with Crippen molar-refractivity contribution in [1.29, 1.82) is 0 Å². The fourth-order valence-electron chi connectivity index (χ4n) is 2.06. The molecule has 0 unspecified atom stereocenters. The quantitative estimate of drug-likeness (QED) is 0.760. The number of anilines is 1. The fourth-order valence-corrected chi connectivity index (χ4v) is 2.55. The molecular formula is C13H16BrN3O3. The standard InChI is InChI=1S/C13H16BrN3O3/c14-10-5-9(13(19)20)6-11(7-10)16-12(18)8-17-3-1-15-2-4-17/h5-7,15H,1-4,8H2,(H,16,18)(H,19,20). The van der Waals surface area contributed by atoms with Crippen molar-refractivity contribution in [3.05, 3.63) is 28.2 Å². The molecule has 0 aromatic heterocycles. The molecule has 1 heterocycles. The summed E-state index contributed by atoms with van der Waals surface area (Å²) in [6.45, 7) is 3.76. The maximum Gasteiger partial charge on any atom is 0.335 e. The lowest BCUT2D eigenvalue weighted by Crippen LogP contribution is -2.46. The van der Waals surface area contributed by atoms with Crippen molar-refractivity contribution in [3.8, 4) is 0 Å². The first-order chi connectivity index (χ1) is 9.54. The van der Waals surface area contributed by atoms with Crippen LogP contribution in [0.5, 0.6) is 0 Å². The van der Waals surface area contributed by atoms with Gasteiger partial charge in [0.05, 0.1) is 12.1 Å². The third-order valence-electron chi connectivity index (χ3n) is 3.01. The summed E-state index contributed by atoms with van der Waals surface area (Å²) in [5.41, 5.74) is 0.619. The molecule has 1 fully saturated rings. The average molecular weight is 342 g/mol. The number of aromatic carboxylic acids is 1. The lowest BCUT2D eigenvalue weighted by molar-refractivity contribution is -0.117. The average Bonchev–Trinajstić information content (AvgIpc) is 2.38. The maximum atomic E-state index is 11.9. The Bertz CT molecular complexity index is 516. The van der Waals surface area contributed by atoms with Crippen molar-refractivity contribution < 1.29 is 14.7 Å². The fraction of sp³-hybridized carbons (Fsp3) is 0.385. The Hall–Kier alpha value is -1.44. The highest BCUT2D eigenvalue weighted by molar-refractivity contribution is 9.10. The molecule has 0 atom stereocenters. The Balaban J connectivity index is 1.98. The first kappa shape index (κ1) is 15.0. The molecule has 1 aliphatic rings. The Morgan fingerprint density at radius 1 is 1.30 bits per heavy atom. The van der Waals surface area contributed by atoms with E-state index in [-0.39, 0.29) is 11.5 Å². The number of hydrogen-bond donors (Lipinski definition) is 3. The first-order valence-electron chi connectivity index (χ1n) is 6.31. The second-order valence-electron chi connectivity index (χ2n) is 4.61. The third kappa shape index (κ3) is 4.29. The van der Waals surface area contributed by atoms with Gasteiger partial charge < -0.3 is 15.7 Å². The van der Waals surface area contributed by atoms with E-state index in [0.717, 1.165) is 26.2 Å². The van der Waals surface area contributed by atoms with Crippen LogP contribution in [0.25, 0.3) is 0 Å². The van der Waals surface area contributed by atoms with Gasteiger partial charge in [-0.15, -0.1) is 0 Å². The van der Waals surface area contributed by atoms with E-state index in [1.54, 1.807) is 6.07 Å². The highest BCUT2D eigenvalue weighted by Gasteiger charge is 2.14. The Morgan fingerprint density at radius 2 is 2.00 bits per heavy atom. The molecule has 0 spiro atoms. The monoisotopic (exact) mass is 341 g/mol. The minimum atomic E-state index is -1.02. The predicted octanol–water partition coefficient (Wildman–Crippen LogP) is 0.991. The topological polar surface area (TPSA) is 81.7 Å². The van der Waals surface area contributed by atoms with Gasteiger partial charge in [-0.1, -0.05) is 15.9 Å². The summed E-state index contributed by atoms with van der Waals surface area (Å²) in [5, 5.41) is 14.9. The molecule has 1 aliphatic heterocycles. The lowest BCUT2D eigenvalue weighted by atomic mass is 10.2. The van der Waals surface area contributed by atoms with E-state index >= 15 is 0 Å². The summed E-state index contributed by atoms with van der Waals surface area (Å²) in [6.07, 6.45) is 0. The highest BCUT2D eigenvalue weighted by Crippen LogP contribution is 2.19. The van der Waals surface area contributed by atoms with Crippen molar-refractivity contribution in [1.82, 2.24) is 10.2 Å². The van der Waals surface area contributed by atoms with Crippen LogP contribution < -0.4 is 10.6 Å². The van der Waals surface area contributed by atoms with Crippen LogP contribution in [0.1, 0.15) is 10.4 Å². The van der Waals surface area contributed by atoms with E-state index in [1.165, 1.54) is 12.1 Å². The number of benzene rings is 1. The zero-order valence-electron chi connectivity index (χ0n) is 10.9. The molecule has 2 rings (SSSR count). The summed E-state index contributed by atoms with van der Waals surface area (Å²) in [6, 6.07) is 4.62. The summed E-state index contributed by atoms with van der Waals surface area (Å²) >= 11 is 3.24. The molecule has 1 aromatic rings. The second-order valence-corrected chi connectivity index (χ2v) is 5.52. The molecule has 3 N–H and O–H groups in total. The zero-order chi connectivity index (χ0) is 14.5. The van der Waals surface area contributed by atoms with E-state index < -0.39 is 5.97 Å².